The van der Waals surface area contributed by atoms with E-state index in [1.807, 2.05) is 60.7 Å². The number of fused-ring (bicyclic) bond motifs is 9. The Hall–Kier alpha value is -7.58. The van der Waals surface area contributed by atoms with Crippen LogP contribution in [0, 0.1) is 0 Å². The van der Waals surface area contributed by atoms with Crippen molar-refractivity contribution >= 4 is 34.1 Å². The van der Waals surface area contributed by atoms with Crippen LogP contribution in [0.3, 0.4) is 0 Å². The summed E-state index contributed by atoms with van der Waals surface area (Å²) in [4.78, 5) is 4.54. The van der Waals surface area contributed by atoms with Gasteiger partial charge in [0.2, 0.25) is 0 Å². The van der Waals surface area contributed by atoms with E-state index in [1.165, 1.54) is 51.4 Å². The molecular weight excluding hydrogens is 869 g/mol. The van der Waals surface area contributed by atoms with E-state index in [0.29, 0.717) is 13.2 Å². The Bertz CT molecular complexity index is 2990. The topological polar surface area (TPSA) is 61.9 Å². The lowest BCUT2D eigenvalue weighted by atomic mass is 9.98. The van der Waals surface area contributed by atoms with Crippen LogP contribution in [0.25, 0.3) is 33.4 Å². The van der Waals surface area contributed by atoms with Gasteiger partial charge >= 0.3 is 0 Å². The van der Waals surface area contributed by atoms with Crippen molar-refractivity contribution in [1.82, 2.24) is 0 Å². The molecule has 0 unspecified atom stereocenters. The Balaban J connectivity index is 1.00. The summed E-state index contributed by atoms with van der Waals surface area (Å²) in [5, 5.41) is 0. The Morgan fingerprint density at radius 1 is 0.314 bits per heavy atom. The summed E-state index contributed by atoms with van der Waals surface area (Å²) < 4.78 is 40.7. The summed E-state index contributed by atoms with van der Waals surface area (Å²) in [5.41, 5.74) is 11.7. The van der Waals surface area contributed by atoms with Crippen molar-refractivity contribution in [3.63, 3.8) is 0 Å². The van der Waals surface area contributed by atoms with E-state index in [1.54, 1.807) is 0 Å². The third kappa shape index (κ3) is 7.89. The number of unbranched alkanes of at least 4 members (excludes halogenated alkanes) is 10. The van der Waals surface area contributed by atoms with E-state index in [4.69, 9.17) is 28.4 Å². The molecule has 0 amide bonds. The molecule has 0 radical (unpaired) electrons. The predicted molar refractivity (Wildman–Crippen MR) is 281 cm³/mol. The van der Waals surface area contributed by atoms with E-state index < -0.39 is 0 Å². The van der Waals surface area contributed by atoms with Gasteiger partial charge in [-0.05, 0) is 102 Å². The highest BCUT2D eigenvalue weighted by Crippen LogP contribution is 2.63. The summed E-state index contributed by atoms with van der Waals surface area (Å²) in [6.45, 7) is 5.73. The zero-order valence-electron chi connectivity index (χ0n) is 40.1. The molecule has 352 valence electrons. The molecule has 8 nitrogen and oxygen atoms in total. The summed E-state index contributed by atoms with van der Waals surface area (Å²) >= 11 is 0. The Morgan fingerprint density at radius 2 is 0.700 bits per heavy atom. The van der Waals surface area contributed by atoms with Crippen molar-refractivity contribution in [2.24, 2.45) is 0 Å². The van der Waals surface area contributed by atoms with Crippen LogP contribution in [0.4, 0.5) is 34.1 Å². The van der Waals surface area contributed by atoms with Gasteiger partial charge in [0.15, 0.2) is 46.0 Å². The van der Waals surface area contributed by atoms with Gasteiger partial charge in [0.05, 0.1) is 36.0 Å². The van der Waals surface area contributed by atoms with Crippen molar-refractivity contribution < 1.29 is 28.4 Å². The van der Waals surface area contributed by atoms with Crippen molar-refractivity contribution in [3.8, 4) is 90.9 Å². The van der Waals surface area contributed by atoms with Gasteiger partial charge in [-0.25, -0.2) is 0 Å². The molecule has 6 aromatic rings. The van der Waals surface area contributed by atoms with Crippen molar-refractivity contribution in [3.05, 3.63) is 146 Å². The fraction of sp³-hybridized carbons (Fsp3) is 0.258. The van der Waals surface area contributed by atoms with Gasteiger partial charge in [-0.2, -0.15) is 0 Å². The molecule has 8 heteroatoms. The number of nitrogens with zero attached hydrogens (tertiary/aromatic N) is 2. The second-order valence-corrected chi connectivity index (χ2v) is 18.8. The van der Waals surface area contributed by atoms with Gasteiger partial charge in [-0.1, -0.05) is 145 Å². The number of ether oxygens (including phenoxy) is 6. The molecule has 12 rings (SSSR count). The third-order valence-electron chi connectivity index (χ3n) is 14.1. The Morgan fingerprint density at radius 3 is 1.16 bits per heavy atom. The monoisotopic (exact) mass is 926 g/mol. The molecule has 0 saturated carbocycles. The predicted octanol–water partition coefficient (Wildman–Crippen LogP) is 19.0. The molecule has 4 heterocycles. The summed E-state index contributed by atoms with van der Waals surface area (Å²) in [6, 6.07) is 50.3. The molecule has 6 aromatic carbocycles. The first-order valence-electron chi connectivity index (χ1n) is 25.6. The minimum absolute atomic E-state index is 0.603. The van der Waals surface area contributed by atoms with Crippen molar-refractivity contribution in [1.29, 1.82) is 0 Å². The van der Waals surface area contributed by atoms with E-state index in [2.05, 4.69) is 109 Å². The van der Waals surface area contributed by atoms with Gasteiger partial charge in [0, 0.05) is 23.3 Å². The third-order valence-corrected chi connectivity index (χ3v) is 14.1. The van der Waals surface area contributed by atoms with Crippen LogP contribution < -0.4 is 38.2 Å². The highest BCUT2D eigenvalue weighted by atomic mass is 16.5. The fourth-order valence-corrected chi connectivity index (χ4v) is 10.6. The standard InChI is InChI=1S/C62H58N2O6/c1-3-5-7-9-11-20-34-65-57-39-49-59(69-55-32-22-30-53-61(55)63(49)47-26-16-18-28-51(47)67-53)37-45(57)43-36-44(42-25-15-13-14-24-41(42)43)46-38-60-50(40-58(46)66-35-21-12-10-8-6-4-2)64-48-27-17-19-29-52(48)68-54-31-23-33-56(70-60)62(54)64/h13-19,22-33,36-40H,3-12,20-21,34-35H2,1-2H3. The number of anilines is 6. The highest BCUT2D eigenvalue weighted by Gasteiger charge is 2.38. The number of rotatable bonds is 18. The van der Waals surface area contributed by atoms with Gasteiger partial charge < -0.3 is 28.4 Å². The normalized spacial score (nSPS) is 13.1. The van der Waals surface area contributed by atoms with Crippen molar-refractivity contribution in [2.45, 2.75) is 90.9 Å². The second-order valence-electron chi connectivity index (χ2n) is 18.8. The zero-order valence-corrected chi connectivity index (χ0v) is 40.1. The summed E-state index contributed by atoms with van der Waals surface area (Å²) in [7, 11) is 0. The van der Waals surface area contributed by atoms with Crippen molar-refractivity contribution in [2.75, 3.05) is 23.0 Å². The number of benzene rings is 6. The minimum atomic E-state index is 0.603. The molecule has 70 heavy (non-hydrogen) atoms. The quantitative estimate of drug-likeness (QED) is 0.0789. The van der Waals surface area contributed by atoms with Crippen LogP contribution in [0.15, 0.2) is 146 Å². The lowest BCUT2D eigenvalue weighted by Gasteiger charge is -2.38. The van der Waals surface area contributed by atoms with E-state index >= 15 is 0 Å². The van der Waals surface area contributed by atoms with Crippen LogP contribution >= 0.6 is 0 Å². The molecule has 2 aliphatic carbocycles. The molecule has 6 aliphatic rings. The maximum Gasteiger partial charge on any atom is 0.155 e. The van der Waals surface area contributed by atoms with Crippen LogP contribution in [0.2, 0.25) is 0 Å². The van der Waals surface area contributed by atoms with Gasteiger partial charge in [0.1, 0.15) is 22.9 Å². The Kier molecular flexibility index (Phi) is 11.9. The molecule has 0 saturated heterocycles. The SMILES string of the molecule is CCCCCCCCOc1cc2c(cc1-c1cc(-c3cc4c(cc3OCCCCCCCC)N3c5ccccc5Oc5cccc(c53)O4)c3cccccc1-3)Oc1cccc3c1N2c1ccccc1O3. The lowest BCUT2D eigenvalue weighted by Crippen LogP contribution is -2.20. The molecule has 0 N–H and O–H groups in total. The highest BCUT2D eigenvalue weighted by molar-refractivity contribution is 6.03. The first-order chi connectivity index (χ1) is 34.7. The average molecular weight is 927 g/mol. The second kappa shape index (κ2) is 19.1. The smallest absolute Gasteiger partial charge is 0.155 e. The first-order valence-corrected chi connectivity index (χ1v) is 25.6. The average Bonchev–Trinajstić information content (AvgIpc) is 3.56. The fourth-order valence-electron chi connectivity index (χ4n) is 10.6. The Labute approximate surface area is 411 Å². The van der Waals surface area contributed by atoms with Crippen LogP contribution in [0.5, 0.6) is 57.5 Å². The molecule has 0 spiro atoms. The van der Waals surface area contributed by atoms with Gasteiger partial charge in [-0.15, -0.1) is 0 Å². The number of hydrogen-bond donors (Lipinski definition) is 0. The maximum atomic E-state index is 6.99. The van der Waals surface area contributed by atoms with Gasteiger partial charge in [0.25, 0.3) is 0 Å². The van der Waals surface area contributed by atoms with E-state index in [9.17, 15) is 0 Å². The maximum absolute atomic E-state index is 6.99. The summed E-state index contributed by atoms with van der Waals surface area (Å²) in [6.07, 6.45) is 14.1. The lowest BCUT2D eigenvalue weighted by molar-refractivity contribution is 0.305. The number of para-hydroxylation sites is 6. The minimum Gasteiger partial charge on any atom is -0.493 e. The van der Waals surface area contributed by atoms with Crippen LogP contribution in [-0.2, 0) is 0 Å². The molecule has 0 atom stereocenters. The van der Waals surface area contributed by atoms with E-state index in [-0.39, 0.29) is 0 Å². The van der Waals surface area contributed by atoms with E-state index in [0.717, 1.165) is 151 Å². The van der Waals surface area contributed by atoms with Crippen LogP contribution in [0.1, 0.15) is 90.9 Å². The number of hydrogen-bond acceptors (Lipinski definition) is 8. The van der Waals surface area contributed by atoms with Gasteiger partial charge in [-0.3, -0.25) is 9.80 Å². The largest absolute Gasteiger partial charge is 0.493 e. The first kappa shape index (κ1) is 43.7. The van der Waals surface area contributed by atoms with Crippen LogP contribution in [-0.4, -0.2) is 13.2 Å². The molecule has 0 fully saturated rings. The molecular formula is C62H58N2O6. The zero-order chi connectivity index (χ0) is 47.0. The molecule has 0 aromatic heterocycles. The molecule has 0 bridgehead atoms. The molecule has 4 aliphatic heterocycles. The summed E-state index contributed by atoms with van der Waals surface area (Å²) in [5.74, 6) is 7.67.